The summed E-state index contributed by atoms with van der Waals surface area (Å²) < 4.78 is 0.332. The van der Waals surface area contributed by atoms with Gasteiger partial charge in [-0.05, 0) is 37.7 Å². The topological polar surface area (TPSA) is 55.2 Å². The molecule has 0 aliphatic heterocycles. The molecule has 1 saturated carbocycles. The highest BCUT2D eigenvalue weighted by molar-refractivity contribution is 8.00. The van der Waals surface area contributed by atoms with Crippen molar-refractivity contribution in [3.05, 3.63) is 33.9 Å². The van der Waals surface area contributed by atoms with Gasteiger partial charge < -0.3 is 5.32 Å². The van der Waals surface area contributed by atoms with Crippen LogP contribution in [0.15, 0.2) is 18.2 Å². The maximum atomic E-state index is 10.8. The molecular formula is C13H18N2O2S. The number of anilines is 1. The number of nitro groups is 1. The van der Waals surface area contributed by atoms with E-state index in [2.05, 4.69) is 11.6 Å². The number of nitro benzene ring substituents is 1. The van der Waals surface area contributed by atoms with Crippen molar-refractivity contribution >= 4 is 23.1 Å². The molecule has 1 aromatic rings. The number of thioether (sulfide) groups is 1. The van der Waals surface area contributed by atoms with Gasteiger partial charge in [0.2, 0.25) is 0 Å². The largest absolute Gasteiger partial charge is 0.383 e. The molecule has 1 aromatic carbocycles. The number of non-ortho nitro benzene ring substituents is 1. The molecule has 0 heterocycles. The summed E-state index contributed by atoms with van der Waals surface area (Å²) in [4.78, 5) is 10.5. The van der Waals surface area contributed by atoms with Crippen molar-refractivity contribution in [3.63, 3.8) is 0 Å². The molecule has 4 nitrogen and oxygen atoms in total. The second kappa shape index (κ2) is 5.18. The van der Waals surface area contributed by atoms with Gasteiger partial charge in [-0.3, -0.25) is 10.1 Å². The molecule has 2 rings (SSSR count). The van der Waals surface area contributed by atoms with Crippen LogP contribution in [-0.4, -0.2) is 22.5 Å². The Labute approximate surface area is 111 Å². The molecule has 0 unspecified atom stereocenters. The Morgan fingerprint density at radius 3 is 2.67 bits per heavy atom. The molecule has 0 amide bonds. The quantitative estimate of drug-likeness (QED) is 0.653. The van der Waals surface area contributed by atoms with E-state index in [1.54, 1.807) is 12.1 Å². The Bertz CT molecular complexity index is 453. The monoisotopic (exact) mass is 266 g/mol. The van der Waals surface area contributed by atoms with Gasteiger partial charge in [0.05, 0.1) is 4.92 Å². The molecule has 0 bridgehead atoms. The summed E-state index contributed by atoms with van der Waals surface area (Å²) in [5.41, 5.74) is 1.92. The van der Waals surface area contributed by atoms with Gasteiger partial charge >= 0.3 is 0 Å². The van der Waals surface area contributed by atoms with Gasteiger partial charge in [0.1, 0.15) is 0 Å². The van der Waals surface area contributed by atoms with Crippen LogP contribution in [0.25, 0.3) is 0 Å². The van der Waals surface area contributed by atoms with Crippen molar-refractivity contribution in [2.24, 2.45) is 0 Å². The van der Waals surface area contributed by atoms with Gasteiger partial charge in [0.25, 0.3) is 5.69 Å². The van der Waals surface area contributed by atoms with Gasteiger partial charge in [-0.1, -0.05) is 6.42 Å². The minimum absolute atomic E-state index is 0.157. The molecule has 0 spiro atoms. The first-order valence-electron chi connectivity index (χ1n) is 6.10. The van der Waals surface area contributed by atoms with Crippen molar-refractivity contribution in [1.82, 2.24) is 0 Å². The molecule has 0 aromatic heterocycles. The van der Waals surface area contributed by atoms with Crippen molar-refractivity contribution < 1.29 is 4.92 Å². The summed E-state index contributed by atoms with van der Waals surface area (Å²) in [5, 5.41) is 14.2. The summed E-state index contributed by atoms with van der Waals surface area (Å²) in [5.74, 6) is 0. The van der Waals surface area contributed by atoms with Crippen LogP contribution in [0.1, 0.15) is 24.8 Å². The molecule has 0 radical (unpaired) electrons. The Morgan fingerprint density at radius 2 is 2.17 bits per heavy atom. The highest BCUT2D eigenvalue weighted by atomic mass is 32.2. The van der Waals surface area contributed by atoms with Gasteiger partial charge in [-0.25, -0.2) is 0 Å². The van der Waals surface area contributed by atoms with Crippen LogP contribution >= 0.6 is 11.8 Å². The molecular weight excluding hydrogens is 248 g/mol. The zero-order valence-electron chi connectivity index (χ0n) is 10.7. The average Bonchev–Trinajstić information content (AvgIpc) is 2.27. The maximum Gasteiger partial charge on any atom is 0.271 e. The van der Waals surface area contributed by atoms with Gasteiger partial charge in [0, 0.05) is 29.1 Å². The fourth-order valence-electron chi connectivity index (χ4n) is 2.26. The highest BCUT2D eigenvalue weighted by Gasteiger charge is 2.35. The molecule has 1 N–H and O–H groups in total. The lowest BCUT2D eigenvalue weighted by Crippen LogP contribution is -2.40. The van der Waals surface area contributed by atoms with Gasteiger partial charge in [0.15, 0.2) is 0 Å². The van der Waals surface area contributed by atoms with Crippen LogP contribution in [0.2, 0.25) is 0 Å². The number of benzene rings is 1. The smallest absolute Gasteiger partial charge is 0.271 e. The molecule has 5 heteroatoms. The predicted octanol–water partition coefficient (Wildman–Crippen LogP) is 3.60. The summed E-state index contributed by atoms with van der Waals surface area (Å²) in [7, 11) is 0. The van der Waals surface area contributed by atoms with E-state index in [0.29, 0.717) is 4.75 Å². The van der Waals surface area contributed by atoms with Crippen LogP contribution in [-0.2, 0) is 0 Å². The maximum absolute atomic E-state index is 10.8. The molecule has 0 atom stereocenters. The summed E-state index contributed by atoms with van der Waals surface area (Å²) in [6.45, 7) is 2.76. The Balaban J connectivity index is 2.07. The molecule has 1 fully saturated rings. The number of hydrogen-bond acceptors (Lipinski definition) is 4. The Kier molecular flexibility index (Phi) is 3.80. The molecule has 0 saturated heterocycles. The Morgan fingerprint density at radius 1 is 1.44 bits per heavy atom. The lowest BCUT2D eigenvalue weighted by atomic mass is 9.84. The van der Waals surface area contributed by atoms with E-state index in [1.807, 2.05) is 24.8 Å². The van der Waals surface area contributed by atoms with E-state index in [4.69, 9.17) is 0 Å². The van der Waals surface area contributed by atoms with E-state index in [0.717, 1.165) is 17.8 Å². The zero-order valence-corrected chi connectivity index (χ0v) is 11.5. The number of nitrogens with zero attached hydrogens (tertiary/aromatic N) is 1. The van der Waals surface area contributed by atoms with Crippen LogP contribution < -0.4 is 5.32 Å². The molecule has 1 aliphatic rings. The van der Waals surface area contributed by atoms with Crippen molar-refractivity contribution in [2.75, 3.05) is 18.1 Å². The normalized spacial score (nSPS) is 17.0. The SMILES string of the molecule is CSC1(CNc2cc(C)cc([N+](=O)[O-])c2)CCC1. The van der Waals surface area contributed by atoms with E-state index in [9.17, 15) is 10.1 Å². The zero-order chi connectivity index (χ0) is 13.2. The standard InChI is InChI=1S/C13H18N2O2S/c1-10-6-11(8-12(7-10)15(16)17)14-9-13(18-2)4-3-5-13/h6-8,14H,3-5,9H2,1-2H3. The summed E-state index contributed by atoms with van der Waals surface area (Å²) >= 11 is 1.90. The van der Waals surface area contributed by atoms with Crippen LogP contribution in [0.5, 0.6) is 0 Å². The highest BCUT2D eigenvalue weighted by Crippen LogP contribution is 2.42. The molecule has 18 heavy (non-hydrogen) atoms. The van der Waals surface area contributed by atoms with Crippen LogP contribution in [0, 0.1) is 17.0 Å². The first-order valence-corrected chi connectivity index (χ1v) is 7.32. The first kappa shape index (κ1) is 13.2. The lowest BCUT2D eigenvalue weighted by Gasteiger charge is -2.40. The fourth-order valence-corrected chi connectivity index (χ4v) is 3.17. The second-order valence-electron chi connectivity index (χ2n) is 4.91. The van der Waals surface area contributed by atoms with E-state index >= 15 is 0 Å². The third kappa shape index (κ3) is 2.77. The van der Waals surface area contributed by atoms with E-state index in [1.165, 1.54) is 19.3 Å². The number of aryl methyl sites for hydroxylation is 1. The summed E-state index contributed by atoms with van der Waals surface area (Å²) in [6.07, 6.45) is 5.89. The number of nitrogens with one attached hydrogen (secondary N) is 1. The average molecular weight is 266 g/mol. The minimum Gasteiger partial charge on any atom is -0.383 e. The third-order valence-corrected chi connectivity index (χ3v) is 5.00. The predicted molar refractivity (Wildman–Crippen MR) is 76.4 cm³/mol. The van der Waals surface area contributed by atoms with Crippen molar-refractivity contribution in [2.45, 2.75) is 30.9 Å². The number of hydrogen-bond donors (Lipinski definition) is 1. The Hall–Kier alpha value is -1.23. The van der Waals surface area contributed by atoms with Crippen molar-refractivity contribution in [3.8, 4) is 0 Å². The lowest BCUT2D eigenvalue weighted by molar-refractivity contribution is -0.384. The van der Waals surface area contributed by atoms with Gasteiger partial charge in [-0.2, -0.15) is 11.8 Å². The molecule has 98 valence electrons. The van der Waals surface area contributed by atoms with Gasteiger partial charge in [-0.15, -0.1) is 0 Å². The number of rotatable bonds is 5. The minimum atomic E-state index is -0.341. The fraction of sp³-hybridized carbons (Fsp3) is 0.538. The summed E-state index contributed by atoms with van der Waals surface area (Å²) in [6, 6.07) is 5.16. The second-order valence-corrected chi connectivity index (χ2v) is 6.18. The van der Waals surface area contributed by atoms with Crippen molar-refractivity contribution in [1.29, 1.82) is 0 Å². The van der Waals surface area contributed by atoms with E-state index in [-0.39, 0.29) is 10.6 Å². The molecule has 1 aliphatic carbocycles. The van der Waals surface area contributed by atoms with Crippen LogP contribution in [0.3, 0.4) is 0 Å². The van der Waals surface area contributed by atoms with Crippen LogP contribution in [0.4, 0.5) is 11.4 Å². The first-order chi connectivity index (χ1) is 8.54. The third-order valence-electron chi connectivity index (χ3n) is 3.59. The van der Waals surface area contributed by atoms with E-state index < -0.39 is 0 Å².